The van der Waals surface area contributed by atoms with Gasteiger partial charge in [0.2, 0.25) is 18.0 Å². The van der Waals surface area contributed by atoms with Crippen molar-refractivity contribution in [1.29, 1.82) is 0 Å². The monoisotopic (exact) mass is 401 g/mol. The zero-order chi connectivity index (χ0) is 20.7. The minimum atomic E-state index is -0.597. The minimum Gasteiger partial charge on any atom is -0.502 e. The number of rotatable bonds is 3. The van der Waals surface area contributed by atoms with E-state index >= 15 is 0 Å². The molecule has 5 rings (SSSR count). The molecule has 2 heterocycles. The first-order valence-electron chi connectivity index (χ1n) is 9.16. The first-order chi connectivity index (χ1) is 14.6. The van der Waals surface area contributed by atoms with E-state index in [2.05, 4.69) is 5.32 Å². The summed E-state index contributed by atoms with van der Waals surface area (Å²) in [6, 6.07) is 18.4. The number of amides is 1. The molecule has 0 unspecified atom stereocenters. The van der Waals surface area contributed by atoms with Crippen molar-refractivity contribution in [3.8, 4) is 28.6 Å². The maximum absolute atomic E-state index is 12.8. The molecule has 1 aliphatic heterocycles. The Morgan fingerprint density at radius 3 is 2.57 bits per heavy atom. The fourth-order valence-corrected chi connectivity index (χ4v) is 3.29. The fraction of sp³-hybridized carbons (Fsp3) is 0.0435. The fourth-order valence-electron chi connectivity index (χ4n) is 3.29. The largest absolute Gasteiger partial charge is 0.502 e. The molecule has 30 heavy (non-hydrogen) atoms. The Morgan fingerprint density at radius 1 is 0.933 bits per heavy atom. The van der Waals surface area contributed by atoms with Gasteiger partial charge in [0, 0.05) is 16.8 Å². The van der Waals surface area contributed by atoms with Gasteiger partial charge >= 0.3 is 0 Å². The zero-order valence-corrected chi connectivity index (χ0v) is 15.5. The molecule has 7 heteroatoms. The number of hydrogen-bond acceptors (Lipinski definition) is 6. The predicted molar refractivity (Wildman–Crippen MR) is 110 cm³/mol. The molecule has 0 bridgehead atoms. The van der Waals surface area contributed by atoms with Crippen LogP contribution in [-0.2, 0) is 0 Å². The number of carbonyl (C=O) groups is 1. The highest BCUT2D eigenvalue weighted by atomic mass is 16.7. The molecule has 1 aromatic heterocycles. The average molecular weight is 401 g/mol. The highest BCUT2D eigenvalue weighted by Gasteiger charge is 2.20. The van der Waals surface area contributed by atoms with Gasteiger partial charge in [-0.2, -0.15) is 0 Å². The minimum absolute atomic E-state index is 0.0341. The van der Waals surface area contributed by atoms with Crippen molar-refractivity contribution in [2.24, 2.45) is 0 Å². The molecule has 3 aromatic carbocycles. The molecule has 1 aliphatic rings. The smallest absolute Gasteiger partial charge is 0.255 e. The summed E-state index contributed by atoms with van der Waals surface area (Å²) in [5.41, 5.74) is 1.07. The van der Waals surface area contributed by atoms with Crippen LogP contribution in [0.4, 0.5) is 5.69 Å². The summed E-state index contributed by atoms with van der Waals surface area (Å²) in [4.78, 5) is 25.1. The van der Waals surface area contributed by atoms with Crippen LogP contribution in [0.25, 0.3) is 22.3 Å². The van der Waals surface area contributed by atoms with E-state index in [1.54, 1.807) is 54.6 Å². The Bertz CT molecular complexity index is 1340. The number of hydrogen-bond donors (Lipinski definition) is 2. The van der Waals surface area contributed by atoms with Gasteiger partial charge in [-0.3, -0.25) is 9.59 Å². The van der Waals surface area contributed by atoms with Crippen molar-refractivity contribution in [3.63, 3.8) is 0 Å². The Kier molecular flexibility index (Phi) is 4.14. The number of ether oxygens (including phenoxy) is 2. The molecule has 0 fully saturated rings. The molecule has 0 radical (unpaired) electrons. The normalized spacial score (nSPS) is 12.1. The summed E-state index contributed by atoms with van der Waals surface area (Å²) in [7, 11) is 0. The lowest BCUT2D eigenvalue weighted by atomic mass is 10.1. The van der Waals surface area contributed by atoms with Crippen LogP contribution in [0.1, 0.15) is 10.4 Å². The maximum atomic E-state index is 12.8. The third-order valence-corrected chi connectivity index (χ3v) is 4.79. The van der Waals surface area contributed by atoms with Crippen molar-refractivity contribution >= 4 is 22.6 Å². The SMILES string of the molecule is O=C(Nc1ccc2oc(-c3ccc4c(c3)OCO4)c(O)c(=O)c2c1)c1ccccc1. The summed E-state index contributed by atoms with van der Waals surface area (Å²) in [6.45, 7) is 0.115. The van der Waals surface area contributed by atoms with Gasteiger partial charge in [0.25, 0.3) is 5.91 Å². The zero-order valence-electron chi connectivity index (χ0n) is 15.5. The van der Waals surface area contributed by atoms with Crippen LogP contribution in [0.2, 0.25) is 0 Å². The first-order valence-corrected chi connectivity index (χ1v) is 9.16. The van der Waals surface area contributed by atoms with Crippen molar-refractivity contribution in [3.05, 3.63) is 82.5 Å². The molecule has 7 nitrogen and oxygen atoms in total. The summed E-state index contributed by atoms with van der Waals surface area (Å²) < 4.78 is 16.4. The van der Waals surface area contributed by atoms with Gasteiger partial charge in [0.05, 0.1) is 5.39 Å². The number of anilines is 1. The predicted octanol–water partition coefficient (Wildman–Crippen LogP) is 4.15. The second-order valence-electron chi connectivity index (χ2n) is 6.71. The van der Waals surface area contributed by atoms with Gasteiger partial charge in [-0.15, -0.1) is 0 Å². The van der Waals surface area contributed by atoms with Crippen LogP contribution in [-0.4, -0.2) is 17.8 Å². The quantitative estimate of drug-likeness (QED) is 0.535. The lowest BCUT2D eigenvalue weighted by Gasteiger charge is -2.09. The topological polar surface area (TPSA) is 98.0 Å². The van der Waals surface area contributed by atoms with E-state index in [9.17, 15) is 14.7 Å². The Morgan fingerprint density at radius 2 is 1.73 bits per heavy atom. The highest BCUT2D eigenvalue weighted by molar-refractivity contribution is 6.05. The molecule has 0 spiro atoms. The van der Waals surface area contributed by atoms with Crippen LogP contribution < -0.4 is 20.2 Å². The molecule has 2 N–H and O–H groups in total. The summed E-state index contributed by atoms with van der Waals surface area (Å²) in [5, 5.41) is 13.4. The summed E-state index contributed by atoms with van der Waals surface area (Å²) in [6.07, 6.45) is 0. The molecule has 0 atom stereocenters. The third-order valence-electron chi connectivity index (χ3n) is 4.79. The van der Waals surface area contributed by atoms with E-state index < -0.39 is 11.2 Å². The Labute approximate surface area is 170 Å². The van der Waals surface area contributed by atoms with Crippen molar-refractivity contribution in [2.45, 2.75) is 0 Å². The first kappa shape index (κ1) is 17.8. The molecule has 0 saturated carbocycles. The van der Waals surface area contributed by atoms with Crippen LogP contribution in [0, 0.1) is 0 Å². The molecular formula is C23H15NO6. The lowest BCUT2D eigenvalue weighted by Crippen LogP contribution is -2.12. The average Bonchev–Trinajstić information content (AvgIpc) is 3.25. The molecule has 0 aliphatic carbocycles. The van der Waals surface area contributed by atoms with Crippen LogP contribution in [0.3, 0.4) is 0 Å². The second kappa shape index (κ2) is 6.97. The van der Waals surface area contributed by atoms with Crippen molar-refractivity contribution < 1.29 is 23.8 Å². The van der Waals surface area contributed by atoms with Gasteiger partial charge in [-0.1, -0.05) is 18.2 Å². The number of carbonyl (C=O) groups excluding carboxylic acids is 1. The second-order valence-corrected chi connectivity index (χ2v) is 6.71. The summed E-state index contributed by atoms with van der Waals surface area (Å²) in [5.74, 6) is 0.300. The summed E-state index contributed by atoms with van der Waals surface area (Å²) >= 11 is 0. The van der Waals surface area contributed by atoms with Gasteiger partial charge in [-0.05, 0) is 48.5 Å². The van der Waals surface area contributed by atoms with E-state index in [1.807, 2.05) is 6.07 Å². The van der Waals surface area contributed by atoms with Crippen molar-refractivity contribution in [1.82, 2.24) is 0 Å². The van der Waals surface area contributed by atoms with E-state index in [0.717, 1.165) is 0 Å². The number of fused-ring (bicyclic) bond motifs is 2. The van der Waals surface area contributed by atoms with E-state index in [1.165, 1.54) is 6.07 Å². The molecule has 0 saturated heterocycles. The van der Waals surface area contributed by atoms with Crippen molar-refractivity contribution in [2.75, 3.05) is 12.1 Å². The van der Waals surface area contributed by atoms with Gasteiger partial charge in [0.15, 0.2) is 17.3 Å². The maximum Gasteiger partial charge on any atom is 0.255 e. The van der Waals surface area contributed by atoms with Crippen LogP contribution >= 0.6 is 0 Å². The number of aromatic hydroxyl groups is 1. The van der Waals surface area contributed by atoms with Gasteiger partial charge < -0.3 is 24.3 Å². The van der Waals surface area contributed by atoms with Gasteiger partial charge in [0.1, 0.15) is 5.58 Å². The van der Waals surface area contributed by atoms with Crippen LogP contribution in [0.5, 0.6) is 17.2 Å². The molecular weight excluding hydrogens is 386 g/mol. The van der Waals surface area contributed by atoms with Gasteiger partial charge in [-0.25, -0.2) is 0 Å². The number of benzene rings is 3. The van der Waals surface area contributed by atoms with E-state index in [0.29, 0.717) is 28.3 Å². The van der Waals surface area contributed by atoms with E-state index in [-0.39, 0.29) is 29.4 Å². The standard InChI is InChI=1S/C23H15NO6/c25-20-16-11-15(24-23(27)13-4-2-1-3-5-13)7-9-17(16)30-22(21(20)26)14-6-8-18-19(10-14)29-12-28-18/h1-11,26H,12H2,(H,24,27). The highest BCUT2D eigenvalue weighted by Crippen LogP contribution is 2.38. The molecule has 4 aromatic rings. The molecule has 1 amide bonds. The number of nitrogens with one attached hydrogen (secondary N) is 1. The lowest BCUT2D eigenvalue weighted by molar-refractivity contribution is 0.102. The van der Waals surface area contributed by atoms with Crippen LogP contribution in [0.15, 0.2) is 75.9 Å². The Hall–Kier alpha value is -4.26. The molecule has 148 valence electrons. The Balaban J connectivity index is 1.53. The third kappa shape index (κ3) is 3.02. The van der Waals surface area contributed by atoms with E-state index in [4.69, 9.17) is 13.9 Å².